The molecule has 124 valence electrons. The molecule has 5 nitrogen and oxygen atoms in total. The SMILES string of the molecule is CCN(CC)C(=O)N1CC(C)N(CCCN(C)C)C(C)C1. The van der Waals surface area contributed by atoms with Crippen LogP contribution in [0.5, 0.6) is 0 Å². The minimum Gasteiger partial charge on any atom is -0.325 e. The number of carbonyl (C=O) groups excluding carboxylic acids is 1. The van der Waals surface area contributed by atoms with Crippen LogP contribution in [0.2, 0.25) is 0 Å². The topological polar surface area (TPSA) is 30.0 Å². The molecule has 1 rings (SSSR count). The second-order valence-corrected chi connectivity index (χ2v) is 6.45. The van der Waals surface area contributed by atoms with E-state index in [-0.39, 0.29) is 6.03 Å². The summed E-state index contributed by atoms with van der Waals surface area (Å²) < 4.78 is 0. The van der Waals surface area contributed by atoms with Gasteiger partial charge < -0.3 is 14.7 Å². The summed E-state index contributed by atoms with van der Waals surface area (Å²) in [6, 6.07) is 1.08. The average molecular weight is 298 g/mol. The van der Waals surface area contributed by atoms with Crippen LogP contribution in [0.1, 0.15) is 34.1 Å². The van der Waals surface area contributed by atoms with Gasteiger partial charge in [0.2, 0.25) is 0 Å². The molecule has 0 aromatic heterocycles. The molecule has 5 heteroatoms. The van der Waals surface area contributed by atoms with Crippen molar-refractivity contribution in [3.63, 3.8) is 0 Å². The number of rotatable bonds is 6. The first kappa shape index (κ1) is 18.2. The average Bonchev–Trinajstić information content (AvgIpc) is 2.42. The number of amides is 2. The lowest BCUT2D eigenvalue weighted by Crippen LogP contribution is -2.60. The number of carbonyl (C=O) groups is 1. The zero-order chi connectivity index (χ0) is 16.0. The molecule has 2 unspecified atom stereocenters. The van der Waals surface area contributed by atoms with E-state index in [0.29, 0.717) is 12.1 Å². The monoisotopic (exact) mass is 298 g/mol. The molecule has 21 heavy (non-hydrogen) atoms. The summed E-state index contributed by atoms with van der Waals surface area (Å²) in [6.07, 6.45) is 1.19. The molecule has 1 fully saturated rings. The first-order chi connectivity index (χ1) is 9.90. The Morgan fingerprint density at radius 2 is 1.62 bits per heavy atom. The van der Waals surface area contributed by atoms with Gasteiger partial charge in [-0.3, -0.25) is 4.90 Å². The van der Waals surface area contributed by atoms with Crippen LogP contribution in [0.15, 0.2) is 0 Å². The first-order valence-corrected chi connectivity index (χ1v) is 8.34. The lowest BCUT2D eigenvalue weighted by molar-refractivity contribution is 0.0436. The Balaban J connectivity index is 2.54. The van der Waals surface area contributed by atoms with Crippen LogP contribution in [0.3, 0.4) is 0 Å². The molecule has 2 atom stereocenters. The van der Waals surface area contributed by atoms with Gasteiger partial charge in [0.15, 0.2) is 0 Å². The van der Waals surface area contributed by atoms with Gasteiger partial charge in [-0.05, 0) is 54.8 Å². The second kappa shape index (κ2) is 8.59. The van der Waals surface area contributed by atoms with E-state index < -0.39 is 0 Å². The maximum absolute atomic E-state index is 12.5. The number of urea groups is 1. The summed E-state index contributed by atoms with van der Waals surface area (Å²) in [6.45, 7) is 14.1. The molecule has 0 spiro atoms. The summed E-state index contributed by atoms with van der Waals surface area (Å²) in [4.78, 5) is 21.2. The van der Waals surface area contributed by atoms with Crippen molar-refractivity contribution < 1.29 is 4.79 Å². The highest BCUT2D eigenvalue weighted by atomic mass is 16.2. The van der Waals surface area contributed by atoms with E-state index in [9.17, 15) is 4.79 Å². The maximum Gasteiger partial charge on any atom is 0.320 e. The van der Waals surface area contributed by atoms with Crippen LogP contribution in [0.25, 0.3) is 0 Å². The lowest BCUT2D eigenvalue weighted by atomic mass is 10.1. The number of hydrogen-bond donors (Lipinski definition) is 0. The van der Waals surface area contributed by atoms with Crippen molar-refractivity contribution in [2.45, 2.75) is 46.2 Å². The molecule has 1 heterocycles. The third-order valence-corrected chi connectivity index (χ3v) is 4.43. The summed E-state index contributed by atoms with van der Waals surface area (Å²) in [5, 5.41) is 0. The van der Waals surface area contributed by atoms with Crippen molar-refractivity contribution in [2.24, 2.45) is 0 Å². The van der Waals surface area contributed by atoms with E-state index in [2.05, 4.69) is 37.7 Å². The van der Waals surface area contributed by atoms with Crippen LogP contribution in [-0.2, 0) is 0 Å². The minimum absolute atomic E-state index is 0.201. The number of piperazine rings is 1. The molecule has 1 aliphatic heterocycles. The molecule has 0 aliphatic carbocycles. The lowest BCUT2D eigenvalue weighted by Gasteiger charge is -2.45. The molecule has 0 aromatic carbocycles. The van der Waals surface area contributed by atoms with Gasteiger partial charge in [0, 0.05) is 44.8 Å². The zero-order valence-corrected chi connectivity index (χ0v) is 14.8. The maximum atomic E-state index is 12.5. The Hall–Kier alpha value is -0.810. The van der Waals surface area contributed by atoms with Crippen LogP contribution in [-0.4, -0.2) is 91.1 Å². The predicted octanol–water partition coefficient (Wildman–Crippen LogP) is 1.79. The number of nitrogens with zero attached hydrogens (tertiary/aromatic N) is 4. The molecule has 0 radical (unpaired) electrons. The Morgan fingerprint density at radius 1 is 1.10 bits per heavy atom. The molecular weight excluding hydrogens is 264 g/mol. The molecule has 1 aliphatic rings. The van der Waals surface area contributed by atoms with Gasteiger partial charge in [-0.25, -0.2) is 4.79 Å². The zero-order valence-electron chi connectivity index (χ0n) is 14.8. The fourth-order valence-electron chi connectivity index (χ4n) is 3.22. The quantitative estimate of drug-likeness (QED) is 0.749. The van der Waals surface area contributed by atoms with Gasteiger partial charge in [-0.15, -0.1) is 0 Å². The van der Waals surface area contributed by atoms with Gasteiger partial charge in [0.1, 0.15) is 0 Å². The largest absolute Gasteiger partial charge is 0.325 e. The van der Waals surface area contributed by atoms with Crippen molar-refractivity contribution in [3.8, 4) is 0 Å². The Labute approximate surface area is 130 Å². The molecular formula is C16H34N4O. The standard InChI is InChI=1S/C16H34N4O/c1-7-18(8-2)16(21)19-12-14(3)20(15(4)13-19)11-9-10-17(5)6/h14-15H,7-13H2,1-6H3. The fourth-order valence-corrected chi connectivity index (χ4v) is 3.22. The van der Waals surface area contributed by atoms with Gasteiger partial charge in [-0.1, -0.05) is 0 Å². The third-order valence-electron chi connectivity index (χ3n) is 4.43. The van der Waals surface area contributed by atoms with Gasteiger partial charge >= 0.3 is 6.03 Å². The van der Waals surface area contributed by atoms with Crippen LogP contribution in [0, 0.1) is 0 Å². The highest BCUT2D eigenvalue weighted by Gasteiger charge is 2.32. The molecule has 0 N–H and O–H groups in total. The molecule has 0 bridgehead atoms. The van der Waals surface area contributed by atoms with Crippen molar-refractivity contribution in [2.75, 3.05) is 53.4 Å². The van der Waals surface area contributed by atoms with Gasteiger partial charge in [0.25, 0.3) is 0 Å². The minimum atomic E-state index is 0.201. The highest BCUT2D eigenvalue weighted by molar-refractivity contribution is 5.74. The van der Waals surface area contributed by atoms with Crippen molar-refractivity contribution in [1.29, 1.82) is 0 Å². The van der Waals surface area contributed by atoms with Crippen molar-refractivity contribution >= 4 is 6.03 Å². The van der Waals surface area contributed by atoms with Crippen molar-refractivity contribution in [3.05, 3.63) is 0 Å². The fraction of sp³-hybridized carbons (Fsp3) is 0.938. The molecule has 0 aromatic rings. The van der Waals surface area contributed by atoms with E-state index in [0.717, 1.165) is 39.3 Å². The van der Waals surface area contributed by atoms with Gasteiger partial charge in [-0.2, -0.15) is 0 Å². The van der Waals surface area contributed by atoms with Crippen LogP contribution < -0.4 is 0 Å². The molecule has 2 amide bonds. The van der Waals surface area contributed by atoms with Gasteiger partial charge in [0.05, 0.1) is 0 Å². The summed E-state index contributed by atoms with van der Waals surface area (Å²) in [5.74, 6) is 0. The summed E-state index contributed by atoms with van der Waals surface area (Å²) in [5.41, 5.74) is 0. The summed E-state index contributed by atoms with van der Waals surface area (Å²) >= 11 is 0. The number of hydrogen-bond acceptors (Lipinski definition) is 3. The third kappa shape index (κ3) is 5.15. The Morgan fingerprint density at radius 3 is 2.05 bits per heavy atom. The van der Waals surface area contributed by atoms with Crippen LogP contribution >= 0.6 is 0 Å². The smallest absolute Gasteiger partial charge is 0.320 e. The predicted molar refractivity (Wildman–Crippen MR) is 88.7 cm³/mol. The first-order valence-electron chi connectivity index (χ1n) is 8.34. The van der Waals surface area contributed by atoms with Crippen molar-refractivity contribution in [1.82, 2.24) is 19.6 Å². The van der Waals surface area contributed by atoms with E-state index >= 15 is 0 Å². The normalized spacial score (nSPS) is 23.7. The van der Waals surface area contributed by atoms with E-state index in [4.69, 9.17) is 0 Å². The molecule has 1 saturated heterocycles. The highest BCUT2D eigenvalue weighted by Crippen LogP contribution is 2.17. The van der Waals surface area contributed by atoms with Crippen LogP contribution in [0.4, 0.5) is 4.79 Å². The second-order valence-electron chi connectivity index (χ2n) is 6.45. The van der Waals surface area contributed by atoms with E-state index in [1.165, 1.54) is 6.42 Å². The van der Waals surface area contributed by atoms with E-state index in [1.807, 2.05) is 23.6 Å². The summed E-state index contributed by atoms with van der Waals surface area (Å²) in [7, 11) is 4.24. The Kier molecular flexibility index (Phi) is 7.46. The molecule has 0 saturated carbocycles. The Bertz CT molecular complexity index is 305. The van der Waals surface area contributed by atoms with E-state index in [1.54, 1.807) is 0 Å².